The highest BCUT2D eigenvalue weighted by Crippen LogP contribution is 2.19. The lowest BCUT2D eigenvalue weighted by Crippen LogP contribution is -2.51. The molecule has 2 aliphatic rings. The van der Waals surface area contributed by atoms with E-state index in [4.69, 9.17) is 9.47 Å². The SMILES string of the molecule is CC(CNC(=O)Nc1ccc(OC2COC2)cc1)N1CCN(C)CC1. The quantitative estimate of drug-likeness (QED) is 0.809. The molecule has 1 atom stereocenters. The van der Waals surface area contributed by atoms with Gasteiger partial charge in [0.15, 0.2) is 0 Å². The molecule has 2 aliphatic heterocycles. The van der Waals surface area contributed by atoms with E-state index in [9.17, 15) is 4.79 Å². The van der Waals surface area contributed by atoms with Crippen molar-refractivity contribution in [3.8, 4) is 5.75 Å². The largest absolute Gasteiger partial charge is 0.486 e. The zero-order valence-corrected chi connectivity index (χ0v) is 15.0. The molecule has 2 saturated heterocycles. The lowest BCUT2D eigenvalue weighted by atomic mass is 10.2. The molecular formula is C18H28N4O3. The molecule has 7 nitrogen and oxygen atoms in total. The Hall–Kier alpha value is -1.83. The fourth-order valence-corrected chi connectivity index (χ4v) is 2.90. The molecule has 2 heterocycles. The summed E-state index contributed by atoms with van der Waals surface area (Å²) in [5.41, 5.74) is 0.752. The third-order valence-electron chi connectivity index (χ3n) is 4.74. The number of benzene rings is 1. The lowest BCUT2D eigenvalue weighted by molar-refractivity contribution is -0.0796. The Bertz CT molecular complexity index is 554. The van der Waals surface area contributed by atoms with Crippen LogP contribution in [-0.2, 0) is 4.74 Å². The van der Waals surface area contributed by atoms with E-state index in [1.807, 2.05) is 24.3 Å². The number of urea groups is 1. The number of anilines is 1. The van der Waals surface area contributed by atoms with Crippen molar-refractivity contribution in [2.24, 2.45) is 0 Å². The number of carbonyl (C=O) groups is 1. The van der Waals surface area contributed by atoms with Crippen molar-refractivity contribution in [3.63, 3.8) is 0 Å². The Morgan fingerprint density at radius 3 is 2.52 bits per heavy atom. The highest BCUT2D eigenvalue weighted by molar-refractivity contribution is 5.89. The van der Waals surface area contributed by atoms with Crippen LogP contribution in [0.2, 0.25) is 0 Å². The molecule has 7 heteroatoms. The van der Waals surface area contributed by atoms with E-state index in [1.54, 1.807) is 0 Å². The molecule has 2 fully saturated rings. The van der Waals surface area contributed by atoms with Gasteiger partial charge in [0.25, 0.3) is 0 Å². The van der Waals surface area contributed by atoms with E-state index in [0.29, 0.717) is 25.8 Å². The smallest absolute Gasteiger partial charge is 0.319 e. The molecule has 0 spiro atoms. The molecule has 0 aromatic heterocycles. The molecule has 2 amide bonds. The fourth-order valence-electron chi connectivity index (χ4n) is 2.90. The number of likely N-dealkylation sites (N-methyl/N-ethyl adjacent to an activating group) is 1. The van der Waals surface area contributed by atoms with Crippen LogP contribution in [0.15, 0.2) is 24.3 Å². The highest BCUT2D eigenvalue weighted by Gasteiger charge is 2.20. The van der Waals surface area contributed by atoms with Gasteiger partial charge in [0, 0.05) is 44.5 Å². The minimum absolute atomic E-state index is 0.151. The Labute approximate surface area is 149 Å². The highest BCUT2D eigenvalue weighted by atomic mass is 16.6. The van der Waals surface area contributed by atoms with Crippen LogP contribution in [0.1, 0.15) is 6.92 Å². The summed E-state index contributed by atoms with van der Waals surface area (Å²) in [4.78, 5) is 16.8. The molecule has 1 aromatic carbocycles. The van der Waals surface area contributed by atoms with Gasteiger partial charge in [-0.05, 0) is 38.2 Å². The van der Waals surface area contributed by atoms with Gasteiger partial charge < -0.3 is 25.0 Å². The summed E-state index contributed by atoms with van der Waals surface area (Å²) in [6, 6.07) is 7.57. The van der Waals surface area contributed by atoms with Crippen molar-refractivity contribution in [2.75, 3.05) is 58.3 Å². The molecule has 25 heavy (non-hydrogen) atoms. The van der Waals surface area contributed by atoms with Crippen LogP contribution in [0.3, 0.4) is 0 Å². The first-order chi connectivity index (χ1) is 12.1. The Morgan fingerprint density at radius 2 is 1.92 bits per heavy atom. The first-order valence-corrected chi connectivity index (χ1v) is 8.92. The van der Waals surface area contributed by atoms with Crippen molar-refractivity contribution in [3.05, 3.63) is 24.3 Å². The summed E-state index contributed by atoms with van der Waals surface area (Å²) in [6.45, 7) is 8.35. The number of hydrogen-bond donors (Lipinski definition) is 2. The maximum absolute atomic E-state index is 12.1. The van der Waals surface area contributed by atoms with Crippen LogP contribution in [0, 0.1) is 0 Å². The second-order valence-corrected chi connectivity index (χ2v) is 6.82. The number of ether oxygens (including phenoxy) is 2. The van der Waals surface area contributed by atoms with Crippen molar-refractivity contribution < 1.29 is 14.3 Å². The Balaban J connectivity index is 1.38. The number of amides is 2. The predicted octanol–water partition coefficient (Wildman–Crippen LogP) is 1.22. The van der Waals surface area contributed by atoms with Gasteiger partial charge in [-0.15, -0.1) is 0 Å². The Morgan fingerprint density at radius 1 is 1.24 bits per heavy atom. The third-order valence-corrected chi connectivity index (χ3v) is 4.74. The van der Waals surface area contributed by atoms with E-state index in [-0.39, 0.29) is 12.1 Å². The van der Waals surface area contributed by atoms with Crippen LogP contribution in [-0.4, -0.2) is 81.0 Å². The van der Waals surface area contributed by atoms with E-state index in [0.717, 1.165) is 37.6 Å². The fraction of sp³-hybridized carbons (Fsp3) is 0.611. The van der Waals surface area contributed by atoms with Gasteiger partial charge in [0.05, 0.1) is 13.2 Å². The number of piperazine rings is 1. The second kappa shape index (κ2) is 8.51. The maximum atomic E-state index is 12.1. The van der Waals surface area contributed by atoms with Crippen LogP contribution >= 0.6 is 0 Å². The van der Waals surface area contributed by atoms with Crippen LogP contribution in [0.25, 0.3) is 0 Å². The Kier molecular flexibility index (Phi) is 6.12. The van der Waals surface area contributed by atoms with E-state index in [1.165, 1.54) is 0 Å². The average molecular weight is 348 g/mol. The summed E-state index contributed by atoms with van der Waals surface area (Å²) in [5.74, 6) is 0.794. The van der Waals surface area contributed by atoms with Crippen LogP contribution < -0.4 is 15.4 Å². The van der Waals surface area contributed by atoms with Crippen LogP contribution in [0.5, 0.6) is 5.75 Å². The molecule has 2 N–H and O–H groups in total. The van der Waals surface area contributed by atoms with Crippen molar-refractivity contribution in [1.29, 1.82) is 0 Å². The van der Waals surface area contributed by atoms with Gasteiger partial charge in [0.1, 0.15) is 11.9 Å². The molecule has 0 radical (unpaired) electrons. The number of carbonyl (C=O) groups excluding carboxylic acids is 1. The van der Waals surface area contributed by atoms with Gasteiger partial charge in [0.2, 0.25) is 0 Å². The first-order valence-electron chi connectivity index (χ1n) is 8.92. The van der Waals surface area contributed by atoms with Crippen molar-refractivity contribution in [2.45, 2.75) is 19.1 Å². The third kappa shape index (κ3) is 5.32. The number of hydrogen-bond acceptors (Lipinski definition) is 5. The summed E-state index contributed by atoms with van der Waals surface area (Å²) < 4.78 is 10.8. The molecular weight excluding hydrogens is 320 g/mol. The molecule has 3 rings (SSSR count). The summed E-state index contributed by atoms with van der Waals surface area (Å²) in [5, 5.41) is 5.81. The number of nitrogens with one attached hydrogen (secondary N) is 2. The standard InChI is InChI=1S/C18H28N4O3/c1-14(22-9-7-21(2)8-10-22)11-19-18(23)20-15-3-5-16(6-4-15)25-17-12-24-13-17/h3-6,14,17H,7-13H2,1-2H3,(H2,19,20,23). The normalized spacial score (nSPS) is 20.6. The second-order valence-electron chi connectivity index (χ2n) is 6.82. The molecule has 0 saturated carbocycles. The van der Waals surface area contributed by atoms with Crippen molar-refractivity contribution >= 4 is 11.7 Å². The van der Waals surface area contributed by atoms with Gasteiger partial charge in [-0.3, -0.25) is 4.90 Å². The average Bonchev–Trinajstić information content (AvgIpc) is 2.58. The van der Waals surface area contributed by atoms with Crippen molar-refractivity contribution in [1.82, 2.24) is 15.1 Å². The van der Waals surface area contributed by atoms with E-state index in [2.05, 4.69) is 34.4 Å². The summed E-state index contributed by atoms with van der Waals surface area (Å²) in [6.07, 6.45) is 0.151. The maximum Gasteiger partial charge on any atom is 0.319 e. The molecule has 1 unspecified atom stereocenters. The predicted molar refractivity (Wildman–Crippen MR) is 97.2 cm³/mol. The number of nitrogens with zero attached hydrogens (tertiary/aromatic N) is 2. The van der Waals surface area contributed by atoms with Gasteiger partial charge in [-0.25, -0.2) is 4.79 Å². The zero-order chi connectivity index (χ0) is 17.6. The first kappa shape index (κ1) is 18.0. The lowest BCUT2D eigenvalue weighted by Gasteiger charge is -2.36. The van der Waals surface area contributed by atoms with Crippen LogP contribution in [0.4, 0.5) is 10.5 Å². The minimum Gasteiger partial charge on any atom is -0.486 e. The molecule has 0 aliphatic carbocycles. The van der Waals surface area contributed by atoms with Gasteiger partial charge in [-0.1, -0.05) is 0 Å². The van der Waals surface area contributed by atoms with E-state index >= 15 is 0 Å². The molecule has 0 bridgehead atoms. The summed E-state index contributed by atoms with van der Waals surface area (Å²) >= 11 is 0. The van der Waals surface area contributed by atoms with E-state index < -0.39 is 0 Å². The van der Waals surface area contributed by atoms with Gasteiger partial charge >= 0.3 is 6.03 Å². The topological polar surface area (TPSA) is 66.1 Å². The van der Waals surface area contributed by atoms with Gasteiger partial charge in [-0.2, -0.15) is 0 Å². The molecule has 138 valence electrons. The molecule has 1 aromatic rings. The number of rotatable bonds is 6. The zero-order valence-electron chi connectivity index (χ0n) is 15.0. The summed E-state index contributed by atoms with van der Waals surface area (Å²) in [7, 11) is 2.14. The minimum atomic E-state index is -0.179. The monoisotopic (exact) mass is 348 g/mol.